The summed E-state index contributed by atoms with van der Waals surface area (Å²) in [4.78, 5) is 28.2. The van der Waals surface area contributed by atoms with E-state index >= 15 is 0 Å². The number of nitrogens with one attached hydrogen (secondary N) is 1. The molecule has 0 bridgehead atoms. The Morgan fingerprint density at radius 2 is 1.88 bits per heavy atom. The van der Waals surface area contributed by atoms with Crippen LogP contribution in [0.15, 0.2) is 42.2 Å². The first-order valence-electron chi connectivity index (χ1n) is 7.26. The Kier molecular flexibility index (Phi) is 3.84. The predicted molar refractivity (Wildman–Crippen MR) is 86.3 cm³/mol. The third kappa shape index (κ3) is 2.88. The van der Waals surface area contributed by atoms with E-state index < -0.39 is 17.7 Å². The van der Waals surface area contributed by atoms with Crippen LogP contribution in [0.1, 0.15) is 13.8 Å². The highest BCUT2D eigenvalue weighted by Gasteiger charge is 2.38. The van der Waals surface area contributed by atoms with Crippen molar-refractivity contribution in [2.45, 2.75) is 19.6 Å². The molecule has 0 radical (unpaired) electrons. The summed E-state index contributed by atoms with van der Waals surface area (Å²) in [5.74, 6) is -2.07. The van der Waals surface area contributed by atoms with Crippen LogP contribution in [0.2, 0.25) is 0 Å². The van der Waals surface area contributed by atoms with Gasteiger partial charge in [0.1, 0.15) is 5.75 Å². The van der Waals surface area contributed by atoms with Gasteiger partial charge in [0.05, 0.1) is 18.3 Å². The number of pyridine rings is 1. The zero-order valence-corrected chi connectivity index (χ0v) is 13.5. The Balaban J connectivity index is 1.94. The molecule has 124 valence electrons. The maximum atomic E-state index is 11.9. The fourth-order valence-electron chi connectivity index (χ4n) is 2.37. The van der Waals surface area contributed by atoms with Gasteiger partial charge in [0.15, 0.2) is 5.57 Å². The average molecular weight is 328 g/mol. The average Bonchev–Trinajstić information content (AvgIpc) is 2.53. The van der Waals surface area contributed by atoms with Crippen LogP contribution < -0.4 is 10.1 Å². The molecule has 1 saturated heterocycles. The summed E-state index contributed by atoms with van der Waals surface area (Å²) in [5.41, 5.74) is 1.05. The molecule has 1 fully saturated rings. The number of cyclic esters (lactones) is 2. The SMILES string of the molecule is COc1ccc(NC=C2C(=O)OC(C)(C)OC2=O)c2ncccc12. The van der Waals surface area contributed by atoms with Gasteiger partial charge >= 0.3 is 11.9 Å². The Labute approximate surface area is 138 Å². The number of carbonyl (C=O) groups excluding carboxylic acids is 2. The standard InChI is InChI=1S/C17H16N2O5/c1-17(2)23-15(20)11(16(21)24-17)9-19-12-6-7-13(22-3)10-5-4-8-18-14(10)12/h4-9,19H,1-3H3. The first-order chi connectivity index (χ1) is 11.4. The molecular weight excluding hydrogens is 312 g/mol. The molecule has 2 aromatic rings. The van der Waals surface area contributed by atoms with Gasteiger partial charge in [-0.05, 0) is 24.3 Å². The van der Waals surface area contributed by atoms with Crippen LogP contribution in [0.4, 0.5) is 5.69 Å². The topological polar surface area (TPSA) is 86.8 Å². The van der Waals surface area contributed by atoms with Gasteiger partial charge < -0.3 is 19.5 Å². The molecule has 1 aliphatic heterocycles. The van der Waals surface area contributed by atoms with Crippen molar-refractivity contribution in [3.63, 3.8) is 0 Å². The van der Waals surface area contributed by atoms with Crippen molar-refractivity contribution in [2.24, 2.45) is 0 Å². The van der Waals surface area contributed by atoms with Crippen molar-refractivity contribution in [3.8, 4) is 5.75 Å². The smallest absolute Gasteiger partial charge is 0.350 e. The van der Waals surface area contributed by atoms with Crippen LogP contribution in [0, 0.1) is 0 Å². The second-order valence-corrected chi connectivity index (χ2v) is 5.60. The Morgan fingerprint density at radius 1 is 1.17 bits per heavy atom. The summed E-state index contributed by atoms with van der Waals surface area (Å²) in [6, 6.07) is 7.18. The van der Waals surface area contributed by atoms with Crippen LogP contribution in [0.5, 0.6) is 5.75 Å². The third-order valence-corrected chi connectivity index (χ3v) is 3.44. The van der Waals surface area contributed by atoms with Crippen LogP contribution >= 0.6 is 0 Å². The monoisotopic (exact) mass is 328 g/mol. The molecule has 0 atom stereocenters. The summed E-state index contributed by atoms with van der Waals surface area (Å²) in [6.45, 7) is 2.99. The zero-order chi connectivity index (χ0) is 17.3. The van der Waals surface area contributed by atoms with Gasteiger partial charge in [-0.3, -0.25) is 4.98 Å². The molecule has 0 saturated carbocycles. The van der Waals surface area contributed by atoms with Gasteiger partial charge in [-0.1, -0.05) is 0 Å². The molecule has 7 nitrogen and oxygen atoms in total. The lowest BCUT2D eigenvalue weighted by Gasteiger charge is -2.29. The van der Waals surface area contributed by atoms with Crippen LogP contribution in [-0.4, -0.2) is 29.8 Å². The maximum absolute atomic E-state index is 11.9. The largest absolute Gasteiger partial charge is 0.496 e. The summed E-state index contributed by atoms with van der Waals surface area (Å²) in [6.07, 6.45) is 2.90. The van der Waals surface area contributed by atoms with Crippen LogP contribution in [-0.2, 0) is 19.1 Å². The normalized spacial score (nSPS) is 16.4. The molecule has 0 spiro atoms. The molecule has 1 aliphatic rings. The van der Waals surface area contributed by atoms with Crippen molar-refractivity contribution in [1.29, 1.82) is 0 Å². The van der Waals surface area contributed by atoms with E-state index in [1.54, 1.807) is 31.5 Å². The lowest BCUT2D eigenvalue weighted by Crippen LogP contribution is -2.42. The Bertz CT molecular complexity index is 835. The minimum Gasteiger partial charge on any atom is -0.496 e. The van der Waals surface area contributed by atoms with Gasteiger partial charge in [-0.25, -0.2) is 9.59 Å². The number of aromatic nitrogens is 1. The summed E-state index contributed by atoms with van der Waals surface area (Å²) in [7, 11) is 1.58. The van der Waals surface area contributed by atoms with Crippen molar-refractivity contribution in [1.82, 2.24) is 4.98 Å². The number of esters is 2. The maximum Gasteiger partial charge on any atom is 0.350 e. The molecule has 7 heteroatoms. The molecule has 1 aromatic carbocycles. The lowest BCUT2D eigenvalue weighted by molar-refractivity contribution is -0.222. The Hall–Kier alpha value is -3.09. The second-order valence-electron chi connectivity index (χ2n) is 5.60. The van der Waals surface area contributed by atoms with Crippen molar-refractivity contribution < 1.29 is 23.8 Å². The van der Waals surface area contributed by atoms with Gasteiger partial charge in [0, 0.05) is 31.6 Å². The number of hydrogen-bond acceptors (Lipinski definition) is 7. The number of benzene rings is 1. The zero-order valence-electron chi connectivity index (χ0n) is 13.5. The fraction of sp³-hybridized carbons (Fsp3) is 0.235. The minimum absolute atomic E-state index is 0.214. The predicted octanol–water partition coefficient (Wildman–Crippen LogP) is 2.38. The quantitative estimate of drug-likeness (QED) is 0.526. The van der Waals surface area contributed by atoms with Crippen molar-refractivity contribution >= 4 is 28.5 Å². The molecule has 1 aromatic heterocycles. The van der Waals surface area contributed by atoms with E-state index in [0.717, 1.165) is 5.39 Å². The van der Waals surface area contributed by atoms with E-state index in [9.17, 15) is 9.59 Å². The highest BCUT2D eigenvalue weighted by Crippen LogP contribution is 2.30. The number of fused-ring (bicyclic) bond motifs is 1. The number of methoxy groups -OCH3 is 1. The molecular formula is C17H16N2O5. The molecule has 1 N–H and O–H groups in total. The lowest BCUT2D eigenvalue weighted by atomic mass is 10.1. The number of carbonyl (C=O) groups is 2. The summed E-state index contributed by atoms with van der Waals surface area (Å²) >= 11 is 0. The number of nitrogens with zero attached hydrogens (tertiary/aromatic N) is 1. The van der Waals surface area contributed by atoms with Crippen molar-refractivity contribution in [2.75, 3.05) is 12.4 Å². The first kappa shape index (κ1) is 15.8. The van der Waals surface area contributed by atoms with Crippen LogP contribution in [0.3, 0.4) is 0 Å². The van der Waals surface area contributed by atoms with Crippen LogP contribution in [0.25, 0.3) is 10.9 Å². The van der Waals surface area contributed by atoms with Gasteiger partial charge in [-0.15, -0.1) is 0 Å². The van der Waals surface area contributed by atoms with E-state index in [0.29, 0.717) is 17.0 Å². The Morgan fingerprint density at radius 3 is 2.54 bits per heavy atom. The van der Waals surface area contributed by atoms with Gasteiger partial charge in [0.25, 0.3) is 5.79 Å². The first-order valence-corrected chi connectivity index (χ1v) is 7.26. The highest BCUT2D eigenvalue weighted by atomic mass is 16.7. The van der Waals surface area contributed by atoms with Crippen molar-refractivity contribution in [3.05, 3.63) is 42.2 Å². The molecule has 2 heterocycles. The molecule has 0 aliphatic carbocycles. The van der Waals surface area contributed by atoms with E-state index in [4.69, 9.17) is 14.2 Å². The molecule has 0 unspecified atom stereocenters. The molecule has 3 rings (SSSR count). The molecule has 24 heavy (non-hydrogen) atoms. The number of rotatable bonds is 3. The number of ether oxygens (including phenoxy) is 3. The van der Waals surface area contributed by atoms with E-state index in [1.807, 2.05) is 6.07 Å². The second kappa shape index (κ2) is 5.84. The minimum atomic E-state index is -1.26. The van der Waals surface area contributed by atoms with E-state index in [2.05, 4.69) is 10.3 Å². The summed E-state index contributed by atoms with van der Waals surface area (Å²) < 4.78 is 15.4. The third-order valence-electron chi connectivity index (χ3n) is 3.44. The highest BCUT2D eigenvalue weighted by molar-refractivity contribution is 6.15. The van der Waals surface area contributed by atoms with Gasteiger partial charge in [0.2, 0.25) is 0 Å². The number of anilines is 1. The number of hydrogen-bond donors (Lipinski definition) is 1. The van der Waals surface area contributed by atoms with E-state index in [1.165, 1.54) is 20.0 Å². The van der Waals surface area contributed by atoms with E-state index in [-0.39, 0.29) is 5.57 Å². The summed E-state index contributed by atoms with van der Waals surface area (Å²) in [5, 5.41) is 3.72. The molecule has 0 amide bonds. The fourth-order valence-corrected chi connectivity index (χ4v) is 2.37. The van der Waals surface area contributed by atoms with Gasteiger partial charge in [-0.2, -0.15) is 0 Å².